The van der Waals surface area contributed by atoms with Gasteiger partial charge in [0.2, 0.25) is 5.91 Å². The van der Waals surface area contributed by atoms with E-state index in [1.807, 2.05) is 0 Å². The second kappa shape index (κ2) is 4.30. The predicted molar refractivity (Wildman–Crippen MR) is 38.3 cm³/mol. The van der Waals surface area contributed by atoms with E-state index in [-0.39, 0.29) is 18.6 Å². The third-order valence-electron chi connectivity index (χ3n) is 1.12. The first-order valence-electron chi connectivity index (χ1n) is 3.10. The Kier molecular flexibility index (Phi) is 4.06. The van der Waals surface area contributed by atoms with Crippen LogP contribution in [0.5, 0.6) is 0 Å². The number of rotatable bonds is 3. The summed E-state index contributed by atoms with van der Waals surface area (Å²) in [7, 11) is 1.89. The monoisotopic (exact) mass is 145 g/mol. The summed E-state index contributed by atoms with van der Waals surface area (Å²) >= 11 is 0. The van der Waals surface area contributed by atoms with E-state index in [2.05, 4.69) is 0 Å². The van der Waals surface area contributed by atoms with Gasteiger partial charge in [0.15, 0.2) is 0 Å². The average molecular weight is 145 g/mol. The Labute approximate surface area is 60.6 Å². The van der Waals surface area contributed by atoms with Crippen LogP contribution in [0.25, 0.3) is 0 Å². The van der Waals surface area contributed by atoms with Crippen molar-refractivity contribution >= 4 is 13.0 Å². The number of carbonyl (C=O) groups excluding carboxylic acids is 1. The number of hydrogen-bond acceptors (Lipinski definition) is 3. The van der Waals surface area contributed by atoms with Crippen molar-refractivity contribution in [2.75, 3.05) is 14.1 Å². The first-order chi connectivity index (χ1) is 4.54. The molecule has 0 atom stereocenters. The van der Waals surface area contributed by atoms with E-state index in [1.54, 1.807) is 14.1 Å². The summed E-state index contributed by atoms with van der Waals surface area (Å²) in [4.78, 5) is 12.2. The maximum Gasteiger partial charge on any atom is 0.451 e. The van der Waals surface area contributed by atoms with Gasteiger partial charge in [0.05, 0.1) is 0 Å². The van der Waals surface area contributed by atoms with Crippen LogP contribution in [0.1, 0.15) is 6.42 Å². The quantitative estimate of drug-likeness (QED) is 0.497. The zero-order valence-corrected chi connectivity index (χ0v) is 6.24. The normalized spacial score (nSPS) is 9.20. The molecule has 0 saturated heterocycles. The predicted octanol–water partition coefficient (Wildman–Crippen LogP) is -1.06. The van der Waals surface area contributed by atoms with Crippen molar-refractivity contribution in [2.24, 2.45) is 0 Å². The molecule has 0 aromatic rings. The lowest BCUT2D eigenvalue weighted by molar-refractivity contribution is -0.128. The number of hydrogen-bond donors (Lipinski definition) is 2. The van der Waals surface area contributed by atoms with E-state index in [1.165, 1.54) is 4.90 Å². The molecule has 0 bridgehead atoms. The topological polar surface area (TPSA) is 60.8 Å². The average Bonchev–Trinajstić information content (AvgIpc) is 1.82. The van der Waals surface area contributed by atoms with Crippen molar-refractivity contribution in [3.05, 3.63) is 0 Å². The van der Waals surface area contributed by atoms with Gasteiger partial charge in [-0.15, -0.1) is 0 Å². The van der Waals surface area contributed by atoms with Crippen LogP contribution in [0.3, 0.4) is 0 Å². The van der Waals surface area contributed by atoms with E-state index in [4.69, 9.17) is 10.0 Å². The molecule has 0 saturated carbocycles. The van der Waals surface area contributed by atoms with Gasteiger partial charge in [-0.05, 0) is 6.32 Å². The van der Waals surface area contributed by atoms with Crippen LogP contribution in [0, 0.1) is 0 Å². The molecule has 0 heterocycles. The Morgan fingerprint density at radius 2 is 2.00 bits per heavy atom. The molecule has 0 aromatic heterocycles. The zero-order chi connectivity index (χ0) is 8.15. The lowest BCUT2D eigenvalue weighted by Crippen LogP contribution is -2.23. The van der Waals surface area contributed by atoms with Gasteiger partial charge in [0.25, 0.3) is 0 Å². The molecular weight excluding hydrogens is 133 g/mol. The summed E-state index contributed by atoms with van der Waals surface area (Å²) in [6, 6.07) is 0. The summed E-state index contributed by atoms with van der Waals surface area (Å²) in [6.45, 7) is 0. The van der Waals surface area contributed by atoms with Crippen LogP contribution in [-0.2, 0) is 4.79 Å². The maximum absolute atomic E-state index is 10.8. The molecule has 4 nitrogen and oxygen atoms in total. The molecule has 0 spiro atoms. The van der Waals surface area contributed by atoms with Gasteiger partial charge in [0, 0.05) is 20.5 Å². The van der Waals surface area contributed by atoms with Crippen molar-refractivity contribution in [1.29, 1.82) is 0 Å². The molecule has 0 aliphatic heterocycles. The molecule has 1 amide bonds. The lowest BCUT2D eigenvalue weighted by Gasteiger charge is -2.08. The second-order valence-electron chi connectivity index (χ2n) is 2.31. The van der Waals surface area contributed by atoms with Gasteiger partial charge >= 0.3 is 7.12 Å². The van der Waals surface area contributed by atoms with E-state index in [0.717, 1.165) is 0 Å². The minimum absolute atomic E-state index is 0.0897. The maximum atomic E-state index is 10.8. The minimum Gasteiger partial charge on any atom is -0.427 e. The van der Waals surface area contributed by atoms with E-state index < -0.39 is 7.12 Å². The molecule has 0 rings (SSSR count). The summed E-state index contributed by atoms with van der Waals surface area (Å²) in [5, 5.41) is 16.7. The fraction of sp³-hybridized carbons (Fsp3) is 0.800. The number of carbonyl (C=O) groups is 1. The number of nitrogens with zero attached hydrogens (tertiary/aromatic N) is 1. The van der Waals surface area contributed by atoms with Gasteiger partial charge in [0.1, 0.15) is 0 Å². The molecule has 2 N–H and O–H groups in total. The van der Waals surface area contributed by atoms with Gasteiger partial charge < -0.3 is 14.9 Å². The van der Waals surface area contributed by atoms with Crippen LogP contribution in [0.15, 0.2) is 0 Å². The summed E-state index contributed by atoms with van der Waals surface area (Å²) in [6.07, 6.45) is 0.293. The molecule has 10 heavy (non-hydrogen) atoms. The van der Waals surface area contributed by atoms with Crippen LogP contribution in [-0.4, -0.2) is 42.1 Å². The standard InChI is InChI=1S/C5H12BNO3/c1-7(2)5(8)3-4-6(9)10/h9-10H,3-4H2,1-2H3. The molecule has 0 aliphatic carbocycles. The van der Waals surface area contributed by atoms with Crippen molar-refractivity contribution in [2.45, 2.75) is 12.7 Å². The minimum atomic E-state index is -1.37. The molecule has 0 aliphatic rings. The Morgan fingerprint density at radius 3 is 2.30 bits per heavy atom. The van der Waals surface area contributed by atoms with E-state index in [9.17, 15) is 4.79 Å². The zero-order valence-electron chi connectivity index (χ0n) is 6.24. The van der Waals surface area contributed by atoms with Crippen LogP contribution in [0.2, 0.25) is 6.32 Å². The van der Waals surface area contributed by atoms with Crippen molar-refractivity contribution in [3.63, 3.8) is 0 Å². The Bertz CT molecular complexity index is 115. The van der Waals surface area contributed by atoms with Gasteiger partial charge in [-0.1, -0.05) is 0 Å². The van der Waals surface area contributed by atoms with Gasteiger partial charge in [-0.25, -0.2) is 0 Å². The fourth-order valence-electron chi connectivity index (χ4n) is 0.476. The summed E-state index contributed by atoms with van der Waals surface area (Å²) < 4.78 is 0. The molecule has 0 fully saturated rings. The van der Waals surface area contributed by atoms with Crippen molar-refractivity contribution in [3.8, 4) is 0 Å². The van der Waals surface area contributed by atoms with Crippen LogP contribution >= 0.6 is 0 Å². The van der Waals surface area contributed by atoms with E-state index >= 15 is 0 Å². The highest BCUT2D eigenvalue weighted by molar-refractivity contribution is 6.41. The first kappa shape index (κ1) is 9.45. The Balaban J connectivity index is 3.40. The van der Waals surface area contributed by atoms with Crippen LogP contribution in [0.4, 0.5) is 0 Å². The smallest absolute Gasteiger partial charge is 0.427 e. The first-order valence-corrected chi connectivity index (χ1v) is 3.10. The van der Waals surface area contributed by atoms with Gasteiger partial charge in [-0.2, -0.15) is 0 Å². The SMILES string of the molecule is CN(C)C(=O)CCB(O)O. The molecule has 0 radical (unpaired) electrons. The molecule has 5 heteroatoms. The summed E-state index contributed by atoms with van der Waals surface area (Å²) in [5.74, 6) is -0.0897. The third kappa shape index (κ3) is 4.35. The Morgan fingerprint density at radius 1 is 1.50 bits per heavy atom. The molecular formula is C5H12BNO3. The second-order valence-corrected chi connectivity index (χ2v) is 2.31. The van der Waals surface area contributed by atoms with Crippen LogP contribution < -0.4 is 0 Å². The highest BCUT2D eigenvalue weighted by atomic mass is 16.4. The fourth-order valence-corrected chi connectivity index (χ4v) is 0.476. The molecule has 58 valence electrons. The third-order valence-corrected chi connectivity index (χ3v) is 1.12. The molecule has 0 aromatic carbocycles. The largest absolute Gasteiger partial charge is 0.451 e. The molecule has 0 unspecified atom stereocenters. The highest BCUT2D eigenvalue weighted by Gasteiger charge is 2.10. The lowest BCUT2D eigenvalue weighted by atomic mass is 9.84. The Hall–Kier alpha value is -0.545. The highest BCUT2D eigenvalue weighted by Crippen LogP contribution is 1.94. The number of amides is 1. The van der Waals surface area contributed by atoms with E-state index in [0.29, 0.717) is 0 Å². The van der Waals surface area contributed by atoms with Gasteiger partial charge in [-0.3, -0.25) is 4.79 Å². The van der Waals surface area contributed by atoms with Crippen molar-refractivity contribution in [1.82, 2.24) is 4.90 Å². The summed E-state index contributed by atoms with van der Waals surface area (Å²) in [5.41, 5.74) is 0. The van der Waals surface area contributed by atoms with Crippen molar-refractivity contribution < 1.29 is 14.8 Å².